The summed E-state index contributed by atoms with van der Waals surface area (Å²) >= 11 is 0. The molecule has 0 saturated heterocycles. The lowest BCUT2D eigenvalue weighted by Crippen LogP contribution is -2.37. The smallest absolute Gasteiger partial charge is 0.252 e. The maximum Gasteiger partial charge on any atom is 0.252 e. The van der Waals surface area contributed by atoms with E-state index in [-0.39, 0.29) is 18.3 Å². The van der Waals surface area contributed by atoms with E-state index in [4.69, 9.17) is 0 Å². The first-order chi connectivity index (χ1) is 12.6. The molecule has 150 valence electrons. The maximum absolute atomic E-state index is 12.2. The summed E-state index contributed by atoms with van der Waals surface area (Å²) in [6.07, 6.45) is 10.6. The summed E-state index contributed by atoms with van der Waals surface area (Å²) in [5, 5.41) is 10.8. The number of amides is 1. The number of nitrogens with one attached hydrogen (secondary N) is 2. The maximum atomic E-state index is 12.2. The topological polar surface area (TPSA) is 84.2 Å². The Hall–Kier alpha value is -1.73. The lowest BCUT2D eigenvalue weighted by Gasteiger charge is -2.16. The zero-order valence-corrected chi connectivity index (χ0v) is 17.1. The first-order valence-electron chi connectivity index (χ1n) is 9.81. The Morgan fingerprint density at radius 2 is 1.93 bits per heavy atom. The Bertz CT molecular complexity index is 739. The minimum Gasteiger partial charge on any atom is -0.355 e. The second kappa shape index (κ2) is 10.6. The van der Waals surface area contributed by atoms with E-state index in [1.165, 1.54) is 44.9 Å². The van der Waals surface area contributed by atoms with Gasteiger partial charge in [0.25, 0.3) is 5.78 Å². The van der Waals surface area contributed by atoms with Crippen molar-refractivity contribution in [1.82, 2.24) is 30.2 Å². The van der Waals surface area contributed by atoms with Crippen LogP contribution < -0.4 is 10.6 Å². The standard InChI is InChI=1S/C19H30N6O.ClH/c1-14-17(15(2)25-19(24-14)22-13-23-25)9-10-18(26)21-12-11-20-16-7-5-3-4-6-8-16;/h13,16,20H,3-12H2,1-2H3,(H,21,26);1H. The largest absolute Gasteiger partial charge is 0.355 e. The van der Waals surface area contributed by atoms with E-state index in [1.807, 2.05) is 13.8 Å². The van der Waals surface area contributed by atoms with Gasteiger partial charge in [0.1, 0.15) is 6.33 Å². The molecule has 2 heterocycles. The Kier molecular flexibility index (Phi) is 8.44. The van der Waals surface area contributed by atoms with E-state index in [2.05, 4.69) is 25.7 Å². The molecule has 0 aliphatic heterocycles. The highest BCUT2D eigenvalue weighted by Gasteiger charge is 2.13. The minimum absolute atomic E-state index is 0. The molecule has 0 unspecified atom stereocenters. The van der Waals surface area contributed by atoms with Crippen molar-refractivity contribution in [2.75, 3.05) is 13.1 Å². The number of halogens is 1. The molecule has 1 amide bonds. The summed E-state index contributed by atoms with van der Waals surface area (Å²) in [5.41, 5.74) is 3.01. The van der Waals surface area contributed by atoms with Crippen LogP contribution in [0.5, 0.6) is 0 Å². The highest BCUT2D eigenvalue weighted by molar-refractivity contribution is 5.85. The zero-order chi connectivity index (χ0) is 18.4. The van der Waals surface area contributed by atoms with Crippen molar-refractivity contribution in [1.29, 1.82) is 0 Å². The Morgan fingerprint density at radius 3 is 2.67 bits per heavy atom. The quantitative estimate of drug-likeness (QED) is 0.556. The molecule has 0 bridgehead atoms. The SMILES string of the molecule is Cc1nc2ncnn2c(C)c1CCC(=O)NCCNC1CCCCCC1.Cl. The highest BCUT2D eigenvalue weighted by Crippen LogP contribution is 2.17. The molecular weight excluding hydrogens is 364 g/mol. The van der Waals surface area contributed by atoms with Crippen LogP contribution in [0.3, 0.4) is 0 Å². The fourth-order valence-electron chi connectivity index (χ4n) is 3.81. The van der Waals surface area contributed by atoms with Crippen LogP contribution in [0.1, 0.15) is 61.9 Å². The lowest BCUT2D eigenvalue weighted by atomic mass is 10.1. The number of carbonyl (C=O) groups excluding carboxylic acids is 1. The number of fused-ring (bicyclic) bond motifs is 1. The normalized spacial score (nSPS) is 15.3. The van der Waals surface area contributed by atoms with Gasteiger partial charge in [-0.15, -0.1) is 12.4 Å². The van der Waals surface area contributed by atoms with Gasteiger partial charge < -0.3 is 10.6 Å². The molecule has 0 spiro atoms. The molecule has 7 nitrogen and oxygen atoms in total. The van der Waals surface area contributed by atoms with Crippen LogP contribution in [-0.4, -0.2) is 44.6 Å². The van der Waals surface area contributed by atoms with Gasteiger partial charge in [0, 0.05) is 36.9 Å². The average Bonchev–Trinajstić information content (AvgIpc) is 2.93. The van der Waals surface area contributed by atoms with Gasteiger partial charge in [-0.2, -0.15) is 10.1 Å². The number of hydrogen-bond donors (Lipinski definition) is 2. The number of hydrogen-bond acceptors (Lipinski definition) is 5. The van der Waals surface area contributed by atoms with E-state index in [0.29, 0.717) is 31.2 Å². The Balaban J connectivity index is 0.00000261. The van der Waals surface area contributed by atoms with E-state index in [9.17, 15) is 4.79 Å². The zero-order valence-electron chi connectivity index (χ0n) is 16.3. The third-order valence-corrected chi connectivity index (χ3v) is 5.33. The highest BCUT2D eigenvalue weighted by atomic mass is 35.5. The molecule has 2 N–H and O–H groups in total. The van der Waals surface area contributed by atoms with E-state index >= 15 is 0 Å². The summed E-state index contributed by atoms with van der Waals surface area (Å²) in [6, 6.07) is 0.625. The fraction of sp³-hybridized carbons (Fsp3) is 0.684. The molecule has 1 saturated carbocycles. The van der Waals surface area contributed by atoms with Gasteiger partial charge in [0.2, 0.25) is 5.91 Å². The number of nitrogens with zero attached hydrogens (tertiary/aromatic N) is 4. The molecule has 27 heavy (non-hydrogen) atoms. The third kappa shape index (κ3) is 5.87. The molecule has 2 aromatic rings. The van der Waals surface area contributed by atoms with Crippen LogP contribution in [0.15, 0.2) is 6.33 Å². The van der Waals surface area contributed by atoms with Gasteiger partial charge in [-0.1, -0.05) is 25.7 Å². The summed E-state index contributed by atoms with van der Waals surface area (Å²) < 4.78 is 1.73. The van der Waals surface area contributed by atoms with Crippen LogP contribution >= 0.6 is 12.4 Å². The third-order valence-electron chi connectivity index (χ3n) is 5.33. The Morgan fingerprint density at radius 1 is 1.19 bits per heavy atom. The predicted molar refractivity (Wildman–Crippen MR) is 108 cm³/mol. The molecule has 8 heteroatoms. The van der Waals surface area contributed by atoms with Gasteiger partial charge in [-0.05, 0) is 38.7 Å². The van der Waals surface area contributed by atoms with E-state index in [0.717, 1.165) is 23.5 Å². The average molecular weight is 395 g/mol. The molecule has 0 atom stereocenters. The van der Waals surface area contributed by atoms with Crippen molar-refractivity contribution in [2.45, 2.75) is 71.3 Å². The second-order valence-corrected chi connectivity index (χ2v) is 7.23. The van der Waals surface area contributed by atoms with Crippen molar-refractivity contribution in [3.63, 3.8) is 0 Å². The molecule has 0 aromatic carbocycles. The van der Waals surface area contributed by atoms with Crippen molar-refractivity contribution in [3.8, 4) is 0 Å². The second-order valence-electron chi connectivity index (χ2n) is 7.23. The summed E-state index contributed by atoms with van der Waals surface area (Å²) in [5.74, 6) is 0.697. The fourth-order valence-corrected chi connectivity index (χ4v) is 3.81. The molecule has 1 fully saturated rings. The summed E-state index contributed by atoms with van der Waals surface area (Å²) in [7, 11) is 0. The monoisotopic (exact) mass is 394 g/mol. The van der Waals surface area contributed by atoms with Crippen LogP contribution in [-0.2, 0) is 11.2 Å². The predicted octanol–water partition coefficient (Wildman–Crippen LogP) is 2.52. The summed E-state index contributed by atoms with van der Waals surface area (Å²) in [6.45, 7) is 5.50. The van der Waals surface area contributed by atoms with Crippen LogP contribution in [0.2, 0.25) is 0 Å². The summed E-state index contributed by atoms with van der Waals surface area (Å²) in [4.78, 5) is 20.7. The van der Waals surface area contributed by atoms with Crippen LogP contribution in [0, 0.1) is 13.8 Å². The first-order valence-corrected chi connectivity index (χ1v) is 9.81. The number of rotatable bonds is 7. The lowest BCUT2D eigenvalue weighted by molar-refractivity contribution is -0.121. The van der Waals surface area contributed by atoms with Crippen molar-refractivity contribution in [3.05, 3.63) is 23.3 Å². The van der Waals surface area contributed by atoms with Gasteiger partial charge in [-0.25, -0.2) is 9.50 Å². The van der Waals surface area contributed by atoms with E-state index in [1.54, 1.807) is 4.52 Å². The van der Waals surface area contributed by atoms with Gasteiger partial charge in [0.05, 0.1) is 0 Å². The molecular formula is C19H31ClN6O. The Labute approximate surface area is 167 Å². The first kappa shape index (κ1) is 21.6. The van der Waals surface area contributed by atoms with Gasteiger partial charge in [-0.3, -0.25) is 4.79 Å². The van der Waals surface area contributed by atoms with Gasteiger partial charge in [0.15, 0.2) is 0 Å². The molecule has 0 radical (unpaired) electrons. The van der Waals surface area contributed by atoms with E-state index < -0.39 is 0 Å². The number of aryl methyl sites for hydroxylation is 2. The number of carbonyl (C=O) groups is 1. The van der Waals surface area contributed by atoms with Crippen LogP contribution in [0.4, 0.5) is 0 Å². The van der Waals surface area contributed by atoms with Crippen molar-refractivity contribution in [2.24, 2.45) is 0 Å². The molecule has 1 aliphatic carbocycles. The molecule has 1 aliphatic rings. The van der Waals surface area contributed by atoms with Crippen LogP contribution in [0.25, 0.3) is 5.78 Å². The number of aromatic nitrogens is 4. The van der Waals surface area contributed by atoms with Gasteiger partial charge >= 0.3 is 0 Å². The van der Waals surface area contributed by atoms with Crippen molar-refractivity contribution < 1.29 is 4.79 Å². The molecule has 3 rings (SSSR count). The minimum atomic E-state index is 0. The molecule has 2 aromatic heterocycles. The van der Waals surface area contributed by atoms with Crippen molar-refractivity contribution >= 4 is 24.1 Å².